The monoisotopic (exact) mass is 558 g/mol. The lowest BCUT2D eigenvalue weighted by Gasteiger charge is -2.01. The molecule has 2 aromatic heterocycles. The molecule has 2 heterocycles. The van der Waals surface area contributed by atoms with Gasteiger partial charge in [0.25, 0.3) is 5.91 Å². The number of rotatable bonds is 5. The fourth-order valence-electron chi connectivity index (χ4n) is 3.50. The van der Waals surface area contributed by atoms with E-state index in [1.807, 2.05) is 48.7 Å². The van der Waals surface area contributed by atoms with Gasteiger partial charge in [-0.1, -0.05) is 76.7 Å². The minimum Gasteiger partial charge on any atom is -0.266 e. The number of thiophene rings is 1. The molecule has 0 spiro atoms. The van der Waals surface area contributed by atoms with Crippen LogP contribution in [0.1, 0.15) is 15.2 Å². The van der Waals surface area contributed by atoms with Crippen LogP contribution in [-0.4, -0.2) is 21.9 Å². The highest BCUT2D eigenvalue weighted by atomic mass is 35.5. The summed E-state index contributed by atoms with van der Waals surface area (Å²) < 4.78 is 2.47. The molecule has 0 fully saturated rings. The molecule has 5 nitrogen and oxygen atoms in total. The second-order valence-corrected chi connectivity index (χ2v) is 10.1. The van der Waals surface area contributed by atoms with E-state index in [1.165, 1.54) is 11.3 Å². The number of amides is 1. The van der Waals surface area contributed by atoms with Gasteiger partial charge in [0.2, 0.25) is 0 Å². The highest BCUT2D eigenvalue weighted by Gasteiger charge is 2.19. The first-order valence-corrected chi connectivity index (χ1v) is 12.5. The number of hydrazone groups is 1. The first-order chi connectivity index (χ1) is 16.9. The second kappa shape index (κ2) is 10.0. The maximum Gasteiger partial charge on any atom is 0.283 e. The van der Waals surface area contributed by atoms with E-state index >= 15 is 0 Å². The molecule has 0 radical (unpaired) electrons. The Morgan fingerprint density at radius 2 is 1.71 bits per heavy atom. The Morgan fingerprint density at radius 1 is 0.971 bits per heavy atom. The number of halogens is 4. The molecule has 0 aliphatic carbocycles. The van der Waals surface area contributed by atoms with Crippen LogP contribution >= 0.6 is 57.7 Å². The van der Waals surface area contributed by atoms with Gasteiger partial charge in [0.15, 0.2) is 0 Å². The van der Waals surface area contributed by atoms with Gasteiger partial charge in [-0.25, -0.2) is 10.1 Å². The molecule has 35 heavy (non-hydrogen) atoms. The van der Waals surface area contributed by atoms with Crippen LogP contribution in [0.4, 0.5) is 0 Å². The first kappa shape index (κ1) is 23.9. The Morgan fingerprint density at radius 3 is 2.46 bits per heavy atom. The van der Waals surface area contributed by atoms with E-state index in [2.05, 4.69) is 10.5 Å². The quantitative estimate of drug-likeness (QED) is 0.174. The van der Waals surface area contributed by atoms with Gasteiger partial charge in [-0.3, -0.25) is 4.79 Å². The Hall–Kier alpha value is -2.87. The third-order valence-corrected chi connectivity index (χ3v) is 7.50. The van der Waals surface area contributed by atoms with Crippen molar-refractivity contribution in [3.8, 4) is 16.9 Å². The molecular formula is C25H14Cl4N4OS. The molecule has 1 amide bonds. The molecule has 174 valence electrons. The fraction of sp³-hybridized carbons (Fsp3) is 0. The van der Waals surface area contributed by atoms with Gasteiger partial charge in [0.1, 0.15) is 10.6 Å². The summed E-state index contributed by atoms with van der Waals surface area (Å²) in [5, 5.41) is 11.2. The van der Waals surface area contributed by atoms with E-state index in [9.17, 15) is 4.79 Å². The largest absolute Gasteiger partial charge is 0.283 e. The van der Waals surface area contributed by atoms with Crippen LogP contribution in [-0.2, 0) is 0 Å². The summed E-state index contributed by atoms with van der Waals surface area (Å²) in [6, 6.07) is 20.3. The summed E-state index contributed by atoms with van der Waals surface area (Å²) >= 11 is 26.0. The molecule has 0 aliphatic heterocycles. The smallest absolute Gasteiger partial charge is 0.266 e. The normalized spacial score (nSPS) is 11.4. The van der Waals surface area contributed by atoms with Crippen LogP contribution in [0.25, 0.3) is 27.0 Å². The van der Waals surface area contributed by atoms with E-state index in [4.69, 9.17) is 51.5 Å². The maximum atomic E-state index is 12.8. The number of carbonyl (C=O) groups is 1. The van der Waals surface area contributed by atoms with Gasteiger partial charge in [-0.15, -0.1) is 11.3 Å². The minimum absolute atomic E-state index is 0.262. The lowest BCUT2D eigenvalue weighted by molar-refractivity contribution is 0.0959. The summed E-state index contributed by atoms with van der Waals surface area (Å²) in [5.41, 5.74) is 5.68. The zero-order chi connectivity index (χ0) is 24.5. The van der Waals surface area contributed by atoms with Crippen molar-refractivity contribution in [1.82, 2.24) is 15.2 Å². The van der Waals surface area contributed by atoms with E-state index in [0.29, 0.717) is 36.6 Å². The zero-order valence-corrected chi connectivity index (χ0v) is 21.5. The average molecular weight is 560 g/mol. The molecule has 0 atom stereocenters. The molecule has 0 aliphatic rings. The third-order valence-electron chi connectivity index (χ3n) is 5.11. The predicted molar refractivity (Wildman–Crippen MR) is 146 cm³/mol. The van der Waals surface area contributed by atoms with Crippen molar-refractivity contribution in [2.24, 2.45) is 5.10 Å². The number of nitrogens with zero attached hydrogens (tertiary/aromatic N) is 3. The highest BCUT2D eigenvalue weighted by molar-refractivity contribution is 7.21. The van der Waals surface area contributed by atoms with Gasteiger partial charge in [0, 0.05) is 37.5 Å². The van der Waals surface area contributed by atoms with Gasteiger partial charge in [-0.05, 0) is 36.4 Å². The molecule has 5 aromatic rings. The molecule has 10 heteroatoms. The fourth-order valence-corrected chi connectivity index (χ4v) is 5.89. The lowest BCUT2D eigenvalue weighted by atomic mass is 10.1. The first-order valence-electron chi connectivity index (χ1n) is 10.2. The Kier molecular flexibility index (Phi) is 6.82. The Bertz CT molecular complexity index is 1580. The van der Waals surface area contributed by atoms with Gasteiger partial charge >= 0.3 is 0 Å². The van der Waals surface area contributed by atoms with Gasteiger partial charge in [0.05, 0.1) is 21.9 Å². The number of nitrogens with one attached hydrogen (secondary N) is 1. The number of hydrogen-bond acceptors (Lipinski definition) is 4. The SMILES string of the molecule is O=C(NN=Cc1cn(-c2ccccc2)nc1-c1ccc(Cl)cc1)c1sc2cc(Cl)cc(Cl)c2c1Cl. The van der Waals surface area contributed by atoms with Crippen molar-refractivity contribution < 1.29 is 4.79 Å². The lowest BCUT2D eigenvalue weighted by Crippen LogP contribution is -2.16. The van der Waals surface area contributed by atoms with Crippen molar-refractivity contribution in [3.63, 3.8) is 0 Å². The molecule has 3 aromatic carbocycles. The van der Waals surface area contributed by atoms with E-state index in [-0.39, 0.29) is 5.02 Å². The maximum absolute atomic E-state index is 12.8. The average Bonchev–Trinajstić information content (AvgIpc) is 3.41. The summed E-state index contributed by atoms with van der Waals surface area (Å²) in [4.78, 5) is 13.1. The standard InChI is InChI=1S/C25H14Cl4N4OS/c26-16-8-6-14(7-9-16)23-15(13-33(32-23)18-4-2-1-3-5-18)12-30-31-25(34)24-22(29)21-19(28)10-17(27)11-20(21)35-24/h1-13H,(H,31,34). The van der Waals surface area contributed by atoms with Crippen molar-refractivity contribution in [2.45, 2.75) is 0 Å². The summed E-state index contributed by atoms with van der Waals surface area (Å²) in [6.45, 7) is 0. The minimum atomic E-state index is -0.455. The molecular weight excluding hydrogens is 546 g/mol. The summed E-state index contributed by atoms with van der Waals surface area (Å²) in [6.07, 6.45) is 3.38. The number of fused-ring (bicyclic) bond motifs is 1. The number of para-hydroxylation sites is 1. The number of benzene rings is 3. The van der Waals surface area contributed by atoms with E-state index in [1.54, 1.807) is 35.2 Å². The number of hydrogen-bond donors (Lipinski definition) is 1. The van der Waals surface area contributed by atoms with Crippen molar-refractivity contribution >= 4 is 79.9 Å². The molecule has 1 N–H and O–H groups in total. The molecule has 0 saturated heterocycles. The summed E-state index contributed by atoms with van der Waals surface area (Å²) in [7, 11) is 0. The van der Waals surface area contributed by atoms with Crippen LogP contribution in [0.15, 0.2) is 78.0 Å². The summed E-state index contributed by atoms with van der Waals surface area (Å²) in [5.74, 6) is -0.455. The number of carbonyl (C=O) groups excluding carboxylic acids is 1. The predicted octanol–water partition coefficient (Wildman–Crippen LogP) is 8.13. The third kappa shape index (κ3) is 4.94. The van der Waals surface area contributed by atoms with Crippen LogP contribution < -0.4 is 5.43 Å². The highest BCUT2D eigenvalue weighted by Crippen LogP contribution is 2.41. The topological polar surface area (TPSA) is 59.3 Å². The van der Waals surface area contributed by atoms with Gasteiger partial charge in [-0.2, -0.15) is 10.2 Å². The zero-order valence-electron chi connectivity index (χ0n) is 17.7. The van der Waals surface area contributed by atoms with Crippen molar-refractivity contribution in [3.05, 3.63) is 103 Å². The Labute approximate surface area is 224 Å². The van der Waals surface area contributed by atoms with Crippen molar-refractivity contribution in [2.75, 3.05) is 0 Å². The number of aromatic nitrogens is 2. The van der Waals surface area contributed by atoms with E-state index < -0.39 is 5.91 Å². The molecule has 0 bridgehead atoms. The second-order valence-electron chi connectivity index (χ2n) is 7.43. The van der Waals surface area contributed by atoms with Crippen LogP contribution in [0.3, 0.4) is 0 Å². The van der Waals surface area contributed by atoms with Crippen molar-refractivity contribution in [1.29, 1.82) is 0 Å². The van der Waals surface area contributed by atoms with Crippen LogP contribution in [0.5, 0.6) is 0 Å². The van der Waals surface area contributed by atoms with Crippen LogP contribution in [0.2, 0.25) is 20.1 Å². The van der Waals surface area contributed by atoms with Gasteiger partial charge < -0.3 is 0 Å². The molecule has 0 unspecified atom stereocenters. The Balaban J connectivity index is 1.45. The van der Waals surface area contributed by atoms with E-state index in [0.717, 1.165) is 16.0 Å². The molecule has 5 rings (SSSR count). The van der Waals surface area contributed by atoms with Crippen LogP contribution in [0, 0.1) is 0 Å². The molecule has 0 saturated carbocycles.